The highest BCUT2D eigenvalue weighted by atomic mass is 16.5. The van der Waals surface area contributed by atoms with Crippen molar-refractivity contribution >= 4 is 6.47 Å². The van der Waals surface area contributed by atoms with E-state index in [-0.39, 0.29) is 0 Å². The molecule has 0 aliphatic heterocycles. The van der Waals surface area contributed by atoms with Gasteiger partial charge in [0, 0.05) is 0 Å². The predicted molar refractivity (Wildman–Crippen MR) is 57.6 cm³/mol. The third kappa shape index (κ3) is 4.49. The molecule has 0 fully saturated rings. The Bertz CT molecular complexity index is 290. The van der Waals surface area contributed by atoms with Crippen LogP contribution in [0, 0.1) is 5.92 Å². The van der Waals surface area contributed by atoms with Gasteiger partial charge in [-0.1, -0.05) is 26.0 Å². The average Bonchev–Trinajstić information content (AvgIpc) is 2.25. The molecule has 82 valence electrons. The quantitative estimate of drug-likeness (QED) is 0.673. The van der Waals surface area contributed by atoms with Gasteiger partial charge in [0.2, 0.25) is 0 Å². The summed E-state index contributed by atoms with van der Waals surface area (Å²) in [5.74, 6) is 1.36. The van der Waals surface area contributed by atoms with Crippen molar-refractivity contribution in [2.24, 2.45) is 5.92 Å². The maximum atomic E-state index is 9.98. The lowest BCUT2D eigenvalue weighted by Crippen LogP contribution is -2.04. The van der Waals surface area contributed by atoms with Crippen molar-refractivity contribution in [3.63, 3.8) is 0 Å². The van der Waals surface area contributed by atoms with Gasteiger partial charge in [-0.15, -0.1) is 0 Å². The molecule has 0 heterocycles. The smallest absolute Gasteiger partial charge is 0.293 e. The molecular weight excluding hydrogens is 192 g/mol. The molecule has 0 saturated heterocycles. The van der Waals surface area contributed by atoms with Crippen LogP contribution in [0.4, 0.5) is 0 Å². The zero-order valence-corrected chi connectivity index (χ0v) is 9.10. The minimum atomic E-state index is 0.313. The van der Waals surface area contributed by atoms with Crippen LogP contribution in [0.25, 0.3) is 0 Å². The van der Waals surface area contributed by atoms with Gasteiger partial charge in [-0.05, 0) is 23.6 Å². The van der Waals surface area contributed by atoms with Crippen molar-refractivity contribution in [2.45, 2.75) is 20.5 Å². The molecule has 0 saturated carbocycles. The van der Waals surface area contributed by atoms with Crippen molar-refractivity contribution in [2.75, 3.05) is 6.61 Å². The summed E-state index contributed by atoms with van der Waals surface area (Å²) in [7, 11) is 0. The zero-order valence-electron chi connectivity index (χ0n) is 9.10. The van der Waals surface area contributed by atoms with Gasteiger partial charge in [0.1, 0.15) is 12.4 Å². The summed E-state index contributed by atoms with van der Waals surface area (Å²) in [6.45, 7) is 5.68. The van der Waals surface area contributed by atoms with Gasteiger partial charge in [0.05, 0.1) is 6.61 Å². The first-order valence-electron chi connectivity index (χ1n) is 4.99. The van der Waals surface area contributed by atoms with Crippen molar-refractivity contribution in [3.8, 4) is 5.75 Å². The van der Waals surface area contributed by atoms with E-state index in [2.05, 4.69) is 18.6 Å². The highest BCUT2D eigenvalue weighted by molar-refractivity contribution is 5.37. The second-order valence-corrected chi connectivity index (χ2v) is 3.76. The first kappa shape index (κ1) is 11.6. The number of hydrogen-bond donors (Lipinski definition) is 0. The van der Waals surface area contributed by atoms with Crippen LogP contribution in [0.2, 0.25) is 0 Å². The number of carbonyl (C=O) groups excluding carboxylic acids is 1. The molecule has 0 spiro atoms. The van der Waals surface area contributed by atoms with Crippen LogP contribution in [0.3, 0.4) is 0 Å². The molecule has 3 heteroatoms. The molecule has 1 rings (SSSR count). The predicted octanol–water partition coefficient (Wildman–Crippen LogP) is 2.39. The third-order valence-electron chi connectivity index (χ3n) is 1.82. The van der Waals surface area contributed by atoms with E-state index in [1.165, 1.54) is 0 Å². The minimum absolute atomic E-state index is 0.313. The molecule has 0 radical (unpaired) electrons. The molecule has 0 unspecified atom stereocenters. The van der Waals surface area contributed by atoms with E-state index in [1.807, 2.05) is 24.3 Å². The molecule has 0 amide bonds. The number of ether oxygens (including phenoxy) is 2. The maximum absolute atomic E-state index is 9.98. The molecule has 0 N–H and O–H groups in total. The Labute approximate surface area is 90.0 Å². The highest BCUT2D eigenvalue weighted by Crippen LogP contribution is 2.13. The van der Waals surface area contributed by atoms with Gasteiger partial charge >= 0.3 is 0 Å². The molecule has 15 heavy (non-hydrogen) atoms. The van der Waals surface area contributed by atoms with E-state index in [0.717, 1.165) is 11.3 Å². The lowest BCUT2D eigenvalue weighted by atomic mass is 10.2. The molecule has 1 aromatic carbocycles. The van der Waals surface area contributed by atoms with Gasteiger partial charge in [-0.3, -0.25) is 4.79 Å². The Morgan fingerprint density at radius 3 is 2.47 bits per heavy atom. The molecule has 0 bridgehead atoms. The molecule has 0 atom stereocenters. The fourth-order valence-corrected chi connectivity index (χ4v) is 1.08. The highest BCUT2D eigenvalue weighted by Gasteiger charge is 1.97. The lowest BCUT2D eigenvalue weighted by molar-refractivity contribution is -0.129. The topological polar surface area (TPSA) is 35.5 Å². The lowest BCUT2D eigenvalue weighted by Gasteiger charge is -2.08. The second kappa shape index (κ2) is 6.06. The zero-order chi connectivity index (χ0) is 11.1. The molecule has 0 aromatic heterocycles. The van der Waals surface area contributed by atoms with Crippen molar-refractivity contribution in [3.05, 3.63) is 29.8 Å². The van der Waals surface area contributed by atoms with Gasteiger partial charge in [0.15, 0.2) is 0 Å². The summed E-state index contributed by atoms with van der Waals surface area (Å²) in [4.78, 5) is 9.98. The first-order chi connectivity index (χ1) is 7.22. The molecule has 1 aromatic rings. The van der Waals surface area contributed by atoms with Gasteiger partial charge in [-0.2, -0.15) is 0 Å². The molecule has 0 aliphatic carbocycles. The summed E-state index contributed by atoms with van der Waals surface area (Å²) in [6, 6.07) is 7.54. The summed E-state index contributed by atoms with van der Waals surface area (Å²) < 4.78 is 10.2. The maximum Gasteiger partial charge on any atom is 0.293 e. The summed E-state index contributed by atoms with van der Waals surface area (Å²) in [6.07, 6.45) is 0. The van der Waals surface area contributed by atoms with Crippen LogP contribution in [0.5, 0.6) is 5.75 Å². The van der Waals surface area contributed by atoms with E-state index < -0.39 is 0 Å². The minimum Gasteiger partial charge on any atom is -0.493 e. The van der Waals surface area contributed by atoms with Crippen LogP contribution >= 0.6 is 0 Å². The Kier molecular flexibility index (Phi) is 4.68. The normalized spacial score (nSPS) is 10.1. The summed E-state index contributed by atoms with van der Waals surface area (Å²) >= 11 is 0. The summed E-state index contributed by atoms with van der Waals surface area (Å²) in [5, 5.41) is 0. The average molecular weight is 208 g/mol. The van der Waals surface area contributed by atoms with Crippen molar-refractivity contribution < 1.29 is 14.3 Å². The van der Waals surface area contributed by atoms with Crippen LogP contribution in [-0.2, 0) is 16.1 Å². The number of benzene rings is 1. The monoisotopic (exact) mass is 208 g/mol. The largest absolute Gasteiger partial charge is 0.493 e. The number of carbonyl (C=O) groups is 1. The van der Waals surface area contributed by atoms with Crippen LogP contribution in [-0.4, -0.2) is 13.1 Å². The van der Waals surface area contributed by atoms with Crippen LogP contribution in [0.1, 0.15) is 19.4 Å². The van der Waals surface area contributed by atoms with Crippen LogP contribution in [0.15, 0.2) is 24.3 Å². The third-order valence-corrected chi connectivity index (χ3v) is 1.82. The first-order valence-corrected chi connectivity index (χ1v) is 4.99. The number of hydrogen-bond acceptors (Lipinski definition) is 3. The van der Waals surface area contributed by atoms with E-state index in [4.69, 9.17) is 4.74 Å². The Balaban J connectivity index is 2.45. The van der Waals surface area contributed by atoms with Gasteiger partial charge in [0.25, 0.3) is 6.47 Å². The van der Waals surface area contributed by atoms with E-state index in [0.29, 0.717) is 25.6 Å². The second-order valence-electron chi connectivity index (χ2n) is 3.76. The SMILES string of the molecule is CC(C)COc1ccc(COC=O)cc1. The molecule has 3 nitrogen and oxygen atoms in total. The fraction of sp³-hybridized carbons (Fsp3) is 0.417. The fourth-order valence-electron chi connectivity index (χ4n) is 1.08. The van der Waals surface area contributed by atoms with Gasteiger partial charge in [-0.25, -0.2) is 0 Å². The Morgan fingerprint density at radius 2 is 1.93 bits per heavy atom. The van der Waals surface area contributed by atoms with E-state index in [9.17, 15) is 4.79 Å². The van der Waals surface area contributed by atoms with Gasteiger partial charge < -0.3 is 9.47 Å². The van der Waals surface area contributed by atoms with Crippen molar-refractivity contribution in [1.82, 2.24) is 0 Å². The van der Waals surface area contributed by atoms with Crippen molar-refractivity contribution in [1.29, 1.82) is 0 Å². The molecule has 0 aliphatic rings. The number of rotatable bonds is 6. The standard InChI is InChI=1S/C12H16O3/c1-10(2)7-15-12-5-3-11(4-6-12)8-14-9-13/h3-6,9-10H,7-8H2,1-2H3. The molecular formula is C12H16O3. The summed E-state index contributed by atoms with van der Waals surface area (Å²) in [5.41, 5.74) is 0.957. The Morgan fingerprint density at radius 1 is 1.27 bits per heavy atom. The Hall–Kier alpha value is -1.51. The van der Waals surface area contributed by atoms with E-state index >= 15 is 0 Å². The van der Waals surface area contributed by atoms with E-state index in [1.54, 1.807) is 0 Å². The van der Waals surface area contributed by atoms with Crippen LogP contribution < -0.4 is 4.74 Å².